The first-order valence-electron chi connectivity index (χ1n) is 14.6. The van der Waals surface area contributed by atoms with Crippen LogP contribution in [0.3, 0.4) is 0 Å². The van der Waals surface area contributed by atoms with Gasteiger partial charge in [0.05, 0.1) is 32.0 Å². The Labute approximate surface area is 229 Å². The number of quaternary nitrogens is 1. The van der Waals surface area contributed by atoms with E-state index in [9.17, 15) is 15.0 Å². The van der Waals surface area contributed by atoms with E-state index in [2.05, 4.69) is 25.0 Å². The number of phenolic OH excluding ortho intramolecular Hbond substituents is 1. The van der Waals surface area contributed by atoms with E-state index in [1.807, 2.05) is 24.3 Å². The molecule has 3 fully saturated rings. The molecule has 4 aliphatic rings. The highest BCUT2D eigenvalue weighted by atomic mass is 16.3. The Hall–Kier alpha value is -3.09. The van der Waals surface area contributed by atoms with Gasteiger partial charge in [0.1, 0.15) is 23.0 Å². The molecule has 2 heterocycles. The minimum absolute atomic E-state index is 0.0506. The van der Waals surface area contributed by atoms with E-state index >= 15 is 0 Å². The second kappa shape index (κ2) is 8.70. The minimum atomic E-state index is -0.915. The number of fused-ring (bicyclic) bond motifs is 2. The molecule has 1 aromatic heterocycles. The molecule has 4 atom stereocenters. The molecule has 0 radical (unpaired) electrons. The molecule has 204 valence electrons. The number of allylic oxidation sites excluding steroid dienone is 1. The number of carbonyl (C=O) groups is 1. The zero-order valence-corrected chi connectivity index (χ0v) is 22.8. The predicted octanol–water partition coefficient (Wildman–Crippen LogP) is 5.00. The summed E-state index contributed by atoms with van der Waals surface area (Å²) in [5.41, 5.74) is 3.77. The van der Waals surface area contributed by atoms with E-state index in [1.165, 1.54) is 12.8 Å². The van der Waals surface area contributed by atoms with Gasteiger partial charge in [0, 0.05) is 41.7 Å². The van der Waals surface area contributed by atoms with Crippen molar-refractivity contribution in [2.45, 2.75) is 68.4 Å². The molecule has 1 aliphatic heterocycles. The summed E-state index contributed by atoms with van der Waals surface area (Å²) in [6.45, 7) is 6.90. The van der Waals surface area contributed by atoms with Crippen molar-refractivity contribution in [3.63, 3.8) is 0 Å². The van der Waals surface area contributed by atoms with Crippen LogP contribution in [0.5, 0.6) is 5.75 Å². The van der Waals surface area contributed by atoms with Crippen molar-refractivity contribution in [2.24, 2.45) is 5.92 Å². The molecule has 7 rings (SSSR count). The number of aromatic hydroxyl groups is 1. The fraction of sp³-hybridized carbons (Fsp3) is 0.485. The number of likely N-dealkylation sites (N-methyl/N-ethyl adjacent to an activating group) is 1. The van der Waals surface area contributed by atoms with Gasteiger partial charge < -0.3 is 24.4 Å². The molecule has 2 aromatic carbocycles. The molecule has 6 nitrogen and oxygen atoms in total. The van der Waals surface area contributed by atoms with Gasteiger partial charge in [-0.25, -0.2) is 0 Å². The van der Waals surface area contributed by atoms with E-state index < -0.39 is 11.0 Å². The smallest absolute Gasteiger partial charge is 0.255 e. The molecule has 39 heavy (non-hydrogen) atoms. The number of nitrogens with one attached hydrogen (secondary N) is 1. The largest absolute Gasteiger partial charge is 0.507 e. The maximum absolute atomic E-state index is 13.3. The van der Waals surface area contributed by atoms with Crippen molar-refractivity contribution in [2.75, 3.05) is 26.7 Å². The maximum Gasteiger partial charge on any atom is 0.255 e. The summed E-state index contributed by atoms with van der Waals surface area (Å²) in [7, 11) is 2.34. The Morgan fingerprint density at radius 2 is 2.05 bits per heavy atom. The monoisotopic (exact) mass is 527 g/mol. The van der Waals surface area contributed by atoms with Gasteiger partial charge in [-0.15, -0.1) is 0 Å². The summed E-state index contributed by atoms with van der Waals surface area (Å²) in [5, 5.41) is 28.4. The van der Waals surface area contributed by atoms with Gasteiger partial charge in [-0.3, -0.25) is 4.79 Å². The summed E-state index contributed by atoms with van der Waals surface area (Å²) >= 11 is 0. The number of phenols is 1. The number of likely N-dealkylation sites (tertiary alicyclic amines) is 1. The molecular formula is C33H39N2O4+. The van der Waals surface area contributed by atoms with Crippen LogP contribution in [0.2, 0.25) is 0 Å². The number of aliphatic hydroxyl groups is 1. The van der Waals surface area contributed by atoms with Gasteiger partial charge in [-0.2, -0.15) is 0 Å². The fourth-order valence-corrected chi connectivity index (χ4v) is 8.43. The number of rotatable bonds is 6. The first-order valence-corrected chi connectivity index (χ1v) is 14.6. The van der Waals surface area contributed by atoms with E-state index in [0.717, 1.165) is 76.0 Å². The number of piperidine rings is 1. The normalized spacial score (nSPS) is 31.5. The Morgan fingerprint density at radius 1 is 1.21 bits per heavy atom. The third kappa shape index (κ3) is 3.79. The van der Waals surface area contributed by atoms with Gasteiger partial charge in [0.2, 0.25) is 0 Å². The molecule has 1 saturated heterocycles. The van der Waals surface area contributed by atoms with Crippen LogP contribution in [0.25, 0.3) is 11.0 Å². The number of hydrogen-bond donors (Lipinski definition) is 3. The summed E-state index contributed by atoms with van der Waals surface area (Å²) < 4.78 is 6.33. The molecule has 1 unspecified atom stereocenters. The first kappa shape index (κ1) is 24.9. The van der Waals surface area contributed by atoms with Crippen molar-refractivity contribution < 1.29 is 23.9 Å². The van der Waals surface area contributed by atoms with Crippen LogP contribution in [0, 0.1) is 5.92 Å². The predicted molar refractivity (Wildman–Crippen MR) is 151 cm³/mol. The molecular weight excluding hydrogens is 488 g/mol. The number of benzene rings is 2. The molecule has 2 saturated carbocycles. The molecule has 3 N–H and O–H groups in total. The quantitative estimate of drug-likeness (QED) is 0.311. The molecule has 0 spiro atoms. The van der Waals surface area contributed by atoms with Crippen LogP contribution >= 0.6 is 0 Å². The second-order valence-electron chi connectivity index (χ2n) is 13.0. The van der Waals surface area contributed by atoms with Crippen LogP contribution in [-0.2, 0) is 18.3 Å². The summed E-state index contributed by atoms with van der Waals surface area (Å²) in [5.74, 6) is 0.545. The van der Waals surface area contributed by atoms with Crippen LogP contribution < -0.4 is 5.32 Å². The van der Waals surface area contributed by atoms with Gasteiger partial charge in [-0.1, -0.05) is 24.3 Å². The fourth-order valence-electron chi connectivity index (χ4n) is 8.43. The average molecular weight is 528 g/mol. The number of amides is 1. The number of hydrogen-bond acceptors (Lipinski definition) is 4. The Kier molecular flexibility index (Phi) is 5.56. The first-order chi connectivity index (χ1) is 18.7. The van der Waals surface area contributed by atoms with Crippen LogP contribution in [-0.4, -0.2) is 58.9 Å². The molecule has 6 heteroatoms. The van der Waals surface area contributed by atoms with Crippen molar-refractivity contribution in [3.05, 3.63) is 77.1 Å². The number of carbonyl (C=O) groups excluding carboxylic acids is 1. The standard InChI is InChI=1S/C33H38N2O4/c1-21-9-12-33(38)28-18-25-6-7-26(31(37)34-14-10-22-5-8-27-24(17-22)11-16-39-27)30(36)29(25)32(33,19-21)13-15-35(28,2)20-23-3-4-23/h5-8,11,16-17,23,28,38H,1,3-4,9-10,12-15,18-20H2,2H3,(H-,34,36,37)/p+1/t28-,32-,33-,35?/m1/s1. The van der Waals surface area contributed by atoms with Crippen molar-refractivity contribution in [1.29, 1.82) is 0 Å². The van der Waals surface area contributed by atoms with Gasteiger partial charge in [-0.05, 0) is 73.9 Å². The highest BCUT2D eigenvalue weighted by molar-refractivity contribution is 5.97. The summed E-state index contributed by atoms with van der Waals surface area (Å²) in [6.07, 6.45) is 8.65. The van der Waals surface area contributed by atoms with Crippen molar-refractivity contribution in [1.82, 2.24) is 5.32 Å². The lowest BCUT2D eigenvalue weighted by Crippen LogP contribution is -2.78. The van der Waals surface area contributed by atoms with Crippen molar-refractivity contribution in [3.8, 4) is 5.75 Å². The van der Waals surface area contributed by atoms with Crippen LogP contribution in [0.15, 0.2) is 59.2 Å². The topological polar surface area (TPSA) is 82.7 Å². The highest BCUT2D eigenvalue weighted by Gasteiger charge is 2.69. The van der Waals surface area contributed by atoms with E-state index in [4.69, 9.17) is 4.42 Å². The zero-order chi connectivity index (χ0) is 27.0. The van der Waals surface area contributed by atoms with Crippen LogP contribution in [0.1, 0.15) is 65.6 Å². The molecule has 1 amide bonds. The molecule has 2 bridgehead atoms. The Morgan fingerprint density at radius 3 is 2.87 bits per heavy atom. The van der Waals surface area contributed by atoms with E-state index in [-0.39, 0.29) is 17.7 Å². The Bertz CT molecular complexity index is 1490. The Balaban J connectivity index is 1.19. The van der Waals surface area contributed by atoms with E-state index in [1.54, 1.807) is 12.3 Å². The highest BCUT2D eigenvalue weighted by Crippen LogP contribution is 2.62. The number of nitrogens with zero attached hydrogens (tertiary/aromatic N) is 1. The SMILES string of the molecule is C=C1CC[C@@]2(O)[C@H]3Cc4ccc(C(=O)NCCc5ccc6occc6c5)c(O)c4[C@@]2(CC[N+]3(C)CC2CC2)C1. The van der Waals surface area contributed by atoms with Gasteiger partial charge in [0.15, 0.2) is 0 Å². The lowest BCUT2D eigenvalue weighted by molar-refractivity contribution is -0.950. The average Bonchev–Trinajstić information content (AvgIpc) is 3.59. The maximum atomic E-state index is 13.3. The zero-order valence-electron chi connectivity index (χ0n) is 22.8. The lowest BCUT2D eigenvalue weighted by atomic mass is 9.48. The second-order valence-corrected chi connectivity index (χ2v) is 13.0. The summed E-state index contributed by atoms with van der Waals surface area (Å²) in [6, 6.07) is 11.9. The molecule has 3 aromatic rings. The van der Waals surface area contributed by atoms with Gasteiger partial charge >= 0.3 is 0 Å². The molecule has 3 aliphatic carbocycles. The van der Waals surface area contributed by atoms with Crippen LogP contribution in [0.4, 0.5) is 0 Å². The third-order valence-corrected chi connectivity index (χ3v) is 10.6. The minimum Gasteiger partial charge on any atom is -0.507 e. The van der Waals surface area contributed by atoms with Gasteiger partial charge in [0.25, 0.3) is 5.91 Å². The van der Waals surface area contributed by atoms with E-state index in [0.29, 0.717) is 31.4 Å². The van der Waals surface area contributed by atoms with Crippen molar-refractivity contribution >= 4 is 16.9 Å². The lowest BCUT2D eigenvalue weighted by Gasteiger charge is -2.65. The summed E-state index contributed by atoms with van der Waals surface area (Å²) in [4.78, 5) is 13.3. The number of furan rings is 1. The third-order valence-electron chi connectivity index (χ3n) is 10.6.